The summed E-state index contributed by atoms with van der Waals surface area (Å²) in [6, 6.07) is -0.686. The lowest BCUT2D eigenvalue weighted by atomic mass is 10.0. The molecule has 0 amide bonds. The zero-order valence-corrected chi connectivity index (χ0v) is 6.30. The fourth-order valence-corrected chi connectivity index (χ4v) is 1.02. The van der Waals surface area contributed by atoms with E-state index in [1.165, 1.54) is 7.11 Å². The predicted octanol–water partition coefficient (Wildman–Crippen LogP) is -1.96. The van der Waals surface area contributed by atoms with E-state index in [1.807, 2.05) is 0 Å². The number of rotatable bonds is 1. The van der Waals surface area contributed by atoms with Gasteiger partial charge in [0.05, 0.1) is 18.8 Å². The van der Waals surface area contributed by atoms with Crippen molar-refractivity contribution in [1.82, 2.24) is 0 Å². The van der Waals surface area contributed by atoms with E-state index >= 15 is 0 Å². The minimum atomic E-state index is -0.955. The van der Waals surface area contributed by atoms with Crippen LogP contribution in [0.3, 0.4) is 0 Å². The Morgan fingerprint density at radius 2 is 2.18 bits per heavy atom. The summed E-state index contributed by atoms with van der Waals surface area (Å²) in [4.78, 5) is 0. The van der Waals surface area contributed by atoms with Crippen LogP contribution in [0.4, 0.5) is 0 Å². The lowest BCUT2D eigenvalue weighted by molar-refractivity contribution is -0.231. The largest absolute Gasteiger partial charge is 0.389 e. The first-order valence-electron chi connectivity index (χ1n) is 3.43. The van der Waals surface area contributed by atoms with Gasteiger partial charge in [-0.15, -0.1) is 0 Å². The Labute approximate surface area is 64.7 Å². The van der Waals surface area contributed by atoms with Crippen LogP contribution in [0, 0.1) is 0 Å². The van der Waals surface area contributed by atoms with Gasteiger partial charge in [-0.1, -0.05) is 0 Å². The molecule has 0 aliphatic carbocycles. The monoisotopic (exact) mass is 163 g/mol. The van der Waals surface area contributed by atoms with Crippen LogP contribution in [0.15, 0.2) is 0 Å². The average Bonchev–Trinajstić information content (AvgIpc) is 2.01. The molecule has 5 heteroatoms. The molecule has 1 aliphatic rings. The lowest BCUT2D eigenvalue weighted by Gasteiger charge is -2.34. The number of aliphatic hydroxyl groups is 2. The number of nitrogens with two attached hydrogens (primary N) is 1. The summed E-state index contributed by atoms with van der Waals surface area (Å²) in [6.45, 7) is 0.108. The van der Waals surface area contributed by atoms with Crippen LogP contribution in [-0.4, -0.2) is 48.5 Å². The SMILES string of the molecule is CO[C@@H]1OC[C@@H](O)[C@@H](N)[C@H]1O. The van der Waals surface area contributed by atoms with Crippen LogP contribution < -0.4 is 5.73 Å². The molecule has 0 unspecified atom stereocenters. The molecular weight excluding hydrogens is 150 g/mol. The molecule has 1 heterocycles. The number of aliphatic hydroxyl groups excluding tert-OH is 2. The maximum absolute atomic E-state index is 9.27. The molecular formula is C6H13NO4. The zero-order valence-electron chi connectivity index (χ0n) is 6.30. The first-order chi connectivity index (χ1) is 5.16. The van der Waals surface area contributed by atoms with Crippen molar-refractivity contribution >= 4 is 0 Å². The average molecular weight is 163 g/mol. The van der Waals surface area contributed by atoms with Crippen molar-refractivity contribution in [3.05, 3.63) is 0 Å². The number of hydrogen-bond acceptors (Lipinski definition) is 5. The highest BCUT2D eigenvalue weighted by Gasteiger charge is 2.36. The van der Waals surface area contributed by atoms with Gasteiger partial charge in [0.2, 0.25) is 0 Å². The molecule has 5 nitrogen and oxygen atoms in total. The highest BCUT2D eigenvalue weighted by atomic mass is 16.7. The Morgan fingerprint density at radius 1 is 1.55 bits per heavy atom. The number of methoxy groups -OCH3 is 1. The summed E-state index contributed by atoms with van der Waals surface area (Å²) in [7, 11) is 1.41. The molecule has 4 N–H and O–H groups in total. The Kier molecular flexibility index (Phi) is 2.80. The van der Waals surface area contributed by atoms with Gasteiger partial charge in [-0.25, -0.2) is 0 Å². The molecule has 0 saturated carbocycles. The van der Waals surface area contributed by atoms with Crippen molar-refractivity contribution in [2.45, 2.75) is 24.5 Å². The normalized spacial score (nSPS) is 45.8. The van der Waals surface area contributed by atoms with Crippen molar-refractivity contribution in [2.75, 3.05) is 13.7 Å². The first kappa shape index (κ1) is 8.89. The smallest absolute Gasteiger partial charge is 0.184 e. The number of hydrogen-bond donors (Lipinski definition) is 3. The van der Waals surface area contributed by atoms with Gasteiger partial charge in [0.15, 0.2) is 6.29 Å². The summed E-state index contributed by atoms with van der Waals surface area (Å²) in [5.74, 6) is 0. The van der Waals surface area contributed by atoms with Gasteiger partial charge in [-0.3, -0.25) is 0 Å². The molecule has 4 atom stereocenters. The van der Waals surface area contributed by atoms with Gasteiger partial charge in [-0.05, 0) is 0 Å². The maximum atomic E-state index is 9.27. The fraction of sp³-hybridized carbons (Fsp3) is 1.00. The molecule has 0 radical (unpaired) electrons. The fourth-order valence-electron chi connectivity index (χ4n) is 1.02. The van der Waals surface area contributed by atoms with Crippen molar-refractivity contribution in [3.63, 3.8) is 0 Å². The van der Waals surface area contributed by atoms with Gasteiger partial charge >= 0.3 is 0 Å². The van der Waals surface area contributed by atoms with E-state index < -0.39 is 24.5 Å². The van der Waals surface area contributed by atoms with Crippen molar-refractivity contribution in [3.8, 4) is 0 Å². The van der Waals surface area contributed by atoms with E-state index in [0.717, 1.165) is 0 Å². The third-order valence-corrected chi connectivity index (χ3v) is 1.78. The summed E-state index contributed by atoms with van der Waals surface area (Å²) >= 11 is 0. The van der Waals surface area contributed by atoms with Crippen molar-refractivity contribution < 1.29 is 19.7 Å². The maximum Gasteiger partial charge on any atom is 0.184 e. The Morgan fingerprint density at radius 3 is 2.73 bits per heavy atom. The highest BCUT2D eigenvalue weighted by molar-refractivity contribution is 4.85. The van der Waals surface area contributed by atoms with E-state index in [9.17, 15) is 5.11 Å². The van der Waals surface area contributed by atoms with E-state index in [2.05, 4.69) is 0 Å². The molecule has 0 bridgehead atoms. The van der Waals surface area contributed by atoms with Gasteiger partial charge in [0.25, 0.3) is 0 Å². The first-order valence-corrected chi connectivity index (χ1v) is 3.43. The zero-order chi connectivity index (χ0) is 8.43. The Bertz CT molecular complexity index is 130. The molecule has 1 saturated heterocycles. The summed E-state index contributed by atoms with van der Waals surface area (Å²) in [5.41, 5.74) is 5.43. The molecule has 66 valence electrons. The van der Waals surface area contributed by atoms with Crippen molar-refractivity contribution in [2.24, 2.45) is 5.73 Å². The van der Waals surface area contributed by atoms with Crippen LogP contribution >= 0.6 is 0 Å². The molecule has 1 aliphatic heterocycles. The van der Waals surface area contributed by atoms with Gasteiger partial charge in [-0.2, -0.15) is 0 Å². The molecule has 11 heavy (non-hydrogen) atoms. The molecule has 1 fully saturated rings. The summed E-state index contributed by atoms with van der Waals surface area (Å²) in [5, 5.41) is 18.4. The van der Waals surface area contributed by atoms with Gasteiger partial charge in [0.1, 0.15) is 6.10 Å². The minimum absolute atomic E-state index is 0.108. The van der Waals surface area contributed by atoms with Crippen LogP contribution in [-0.2, 0) is 9.47 Å². The second kappa shape index (κ2) is 3.46. The van der Waals surface area contributed by atoms with Crippen LogP contribution in [0.2, 0.25) is 0 Å². The lowest BCUT2D eigenvalue weighted by Crippen LogP contribution is -2.57. The topological polar surface area (TPSA) is 84.9 Å². The second-order valence-corrected chi connectivity index (χ2v) is 2.57. The second-order valence-electron chi connectivity index (χ2n) is 2.57. The Balaban J connectivity index is 2.52. The van der Waals surface area contributed by atoms with Gasteiger partial charge < -0.3 is 25.4 Å². The molecule has 1 rings (SSSR count). The minimum Gasteiger partial charge on any atom is -0.389 e. The molecule has 0 spiro atoms. The van der Waals surface area contributed by atoms with E-state index in [0.29, 0.717) is 0 Å². The highest BCUT2D eigenvalue weighted by Crippen LogP contribution is 2.13. The van der Waals surface area contributed by atoms with Crippen LogP contribution in [0.25, 0.3) is 0 Å². The number of ether oxygens (including phenoxy) is 2. The van der Waals surface area contributed by atoms with E-state index in [-0.39, 0.29) is 6.61 Å². The quantitative estimate of drug-likeness (QED) is 0.418. The van der Waals surface area contributed by atoms with E-state index in [4.69, 9.17) is 20.3 Å². The van der Waals surface area contributed by atoms with Crippen LogP contribution in [0.1, 0.15) is 0 Å². The third-order valence-electron chi connectivity index (χ3n) is 1.78. The van der Waals surface area contributed by atoms with Gasteiger partial charge in [0, 0.05) is 7.11 Å². The molecule has 0 aromatic heterocycles. The molecule has 0 aromatic rings. The van der Waals surface area contributed by atoms with Crippen LogP contribution in [0.5, 0.6) is 0 Å². The molecule has 0 aromatic carbocycles. The Hall–Kier alpha value is -0.200. The summed E-state index contributed by atoms with van der Waals surface area (Å²) in [6.07, 6.45) is -2.48. The predicted molar refractivity (Wildman–Crippen MR) is 36.7 cm³/mol. The summed E-state index contributed by atoms with van der Waals surface area (Å²) < 4.78 is 9.68. The van der Waals surface area contributed by atoms with Crippen molar-refractivity contribution in [1.29, 1.82) is 0 Å². The van der Waals surface area contributed by atoms with E-state index in [1.54, 1.807) is 0 Å². The third kappa shape index (κ3) is 1.69. The standard InChI is InChI=1S/C6H13NO4/c1-10-6-5(9)4(7)3(8)2-11-6/h3-6,8-9H,2,7H2,1H3/t3-,4-,5-,6-/m1/s1.